The van der Waals surface area contributed by atoms with Crippen LogP contribution in [0.5, 0.6) is 5.75 Å². The van der Waals surface area contributed by atoms with E-state index in [9.17, 15) is 29.1 Å². The van der Waals surface area contributed by atoms with Gasteiger partial charge in [-0.2, -0.15) is 0 Å². The predicted molar refractivity (Wildman–Crippen MR) is 172 cm³/mol. The molecule has 4 atom stereocenters. The van der Waals surface area contributed by atoms with Gasteiger partial charge in [0, 0.05) is 30.1 Å². The van der Waals surface area contributed by atoms with E-state index in [1.165, 1.54) is 11.3 Å². The molecule has 4 amide bonds. The number of carboxylic acids is 1. The number of hydrogen-bond acceptors (Lipinski definition) is 8. The number of nitrogens with zero attached hydrogens (tertiary/aromatic N) is 4. The zero-order valence-corrected chi connectivity index (χ0v) is 27.0. The Kier molecular flexibility index (Phi) is 8.48. The number of halogens is 1. The highest BCUT2D eigenvalue weighted by Crippen LogP contribution is 2.44. The standard InChI is InChI=1S/C34H33ClN4O7S/c35-25-9-10-27(46-19-11-13-37(16-19)33(43)28-15-36-18-47-28)29-24(25)12-14-38(30(40)22-7-3-4-8-23(22)34(44)45)26(29)17-39-31(41)20-5-1-2-6-21(20)32(39)42/h1-2,5-6,9-10,15,18-19,22-23,26H,3-4,7-8,11-14,16-17H2,(H,44,45)/t19?,22?,23?,26-/m1/s1. The van der Waals surface area contributed by atoms with Crippen LogP contribution < -0.4 is 4.74 Å². The smallest absolute Gasteiger partial charge is 0.307 e. The van der Waals surface area contributed by atoms with E-state index in [1.807, 2.05) is 0 Å². The summed E-state index contributed by atoms with van der Waals surface area (Å²) in [6.07, 6.45) is 4.51. The number of likely N-dealkylation sites (tertiary alicyclic amines) is 1. The molecular weight excluding hydrogens is 644 g/mol. The van der Waals surface area contributed by atoms with Crippen molar-refractivity contribution < 1.29 is 33.8 Å². The van der Waals surface area contributed by atoms with Gasteiger partial charge in [-0.3, -0.25) is 33.9 Å². The summed E-state index contributed by atoms with van der Waals surface area (Å²) in [6, 6.07) is 9.27. The Bertz CT molecular complexity index is 1730. The van der Waals surface area contributed by atoms with Gasteiger partial charge in [-0.1, -0.05) is 36.6 Å². The van der Waals surface area contributed by atoms with Crippen LogP contribution in [-0.4, -0.2) is 86.7 Å². The van der Waals surface area contributed by atoms with E-state index in [0.717, 1.165) is 23.3 Å². The Morgan fingerprint density at radius 3 is 2.38 bits per heavy atom. The first-order valence-electron chi connectivity index (χ1n) is 15.9. The molecule has 2 aromatic carbocycles. The average Bonchev–Trinajstić information content (AvgIpc) is 3.84. The topological polar surface area (TPSA) is 137 Å². The number of ether oxygens (including phenoxy) is 1. The number of aromatic nitrogens is 1. The van der Waals surface area contributed by atoms with Crippen LogP contribution in [0.1, 0.15) is 79.7 Å². The van der Waals surface area contributed by atoms with Crippen LogP contribution in [0.15, 0.2) is 48.1 Å². The predicted octanol–water partition coefficient (Wildman–Crippen LogP) is 4.70. The molecule has 0 bridgehead atoms. The molecule has 1 aromatic heterocycles. The molecular formula is C34H33ClN4O7S. The zero-order valence-electron chi connectivity index (χ0n) is 25.5. The lowest BCUT2D eigenvalue weighted by molar-refractivity contribution is -0.153. The van der Waals surface area contributed by atoms with Crippen molar-refractivity contribution >= 4 is 52.5 Å². The highest BCUT2D eigenvalue weighted by atomic mass is 35.5. The highest BCUT2D eigenvalue weighted by Gasteiger charge is 2.46. The molecule has 7 rings (SSSR count). The summed E-state index contributed by atoms with van der Waals surface area (Å²) in [7, 11) is 0. The molecule has 13 heteroatoms. The normalized spacial score (nSPS) is 23.9. The minimum Gasteiger partial charge on any atom is -0.488 e. The van der Waals surface area contributed by atoms with Gasteiger partial charge in [0.2, 0.25) is 5.91 Å². The van der Waals surface area contributed by atoms with Crippen LogP contribution in [0.4, 0.5) is 0 Å². The number of carboxylic acid groups (broad SMARTS) is 1. The van der Waals surface area contributed by atoms with E-state index in [2.05, 4.69) is 4.98 Å². The monoisotopic (exact) mass is 676 g/mol. The second kappa shape index (κ2) is 12.7. The molecule has 0 spiro atoms. The Balaban J connectivity index is 1.24. The van der Waals surface area contributed by atoms with Gasteiger partial charge in [-0.15, -0.1) is 11.3 Å². The Morgan fingerprint density at radius 2 is 1.70 bits per heavy atom. The summed E-state index contributed by atoms with van der Waals surface area (Å²) < 4.78 is 6.58. The van der Waals surface area contributed by atoms with Gasteiger partial charge in [0.15, 0.2) is 0 Å². The first-order valence-corrected chi connectivity index (χ1v) is 17.1. The van der Waals surface area contributed by atoms with Crippen LogP contribution in [0.2, 0.25) is 5.02 Å². The lowest BCUT2D eigenvalue weighted by Gasteiger charge is -2.42. The van der Waals surface area contributed by atoms with Crippen molar-refractivity contribution in [2.45, 2.75) is 50.7 Å². The molecule has 1 saturated carbocycles. The Labute approximate surface area is 280 Å². The van der Waals surface area contributed by atoms with Crippen molar-refractivity contribution in [3.63, 3.8) is 0 Å². The van der Waals surface area contributed by atoms with Crippen molar-refractivity contribution in [1.29, 1.82) is 0 Å². The average molecular weight is 677 g/mol. The first kappa shape index (κ1) is 31.3. The fourth-order valence-electron chi connectivity index (χ4n) is 7.51. The van der Waals surface area contributed by atoms with Crippen LogP contribution >= 0.6 is 22.9 Å². The third-order valence-electron chi connectivity index (χ3n) is 9.86. The lowest BCUT2D eigenvalue weighted by atomic mass is 9.77. The zero-order chi connectivity index (χ0) is 32.8. The fraction of sp³-hybridized carbons (Fsp3) is 0.412. The minimum atomic E-state index is -0.997. The van der Waals surface area contributed by atoms with Gasteiger partial charge >= 0.3 is 5.97 Å². The molecule has 244 valence electrons. The van der Waals surface area contributed by atoms with E-state index >= 15 is 0 Å². The van der Waals surface area contributed by atoms with Crippen molar-refractivity contribution in [1.82, 2.24) is 19.7 Å². The number of imide groups is 1. The summed E-state index contributed by atoms with van der Waals surface area (Å²) in [6.45, 7) is 0.944. The quantitative estimate of drug-likeness (QED) is 0.356. The van der Waals surface area contributed by atoms with Crippen molar-refractivity contribution in [3.8, 4) is 5.75 Å². The maximum atomic E-state index is 14.4. The number of rotatable bonds is 7. The number of fused-ring (bicyclic) bond motifs is 2. The summed E-state index contributed by atoms with van der Waals surface area (Å²) >= 11 is 8.04. The third kappa shape index (κ3) is 5.67. The molecule has 1 N–H and O–H groups in total. The van der Waals surface area contributed by atoms with Gasteiger partial charge < -0.3 is 19.6 Å². The number of benzene rings is 2. The molecule has 3 aliphatic heterocycles. The summed E-state index contributed by atoms with van der Waals surface area (Å²) in [5.41, 5.74) is 3.56. The molecule has 3 unspecified atom stereocenters. The fourth-order valence-corrected chi connectivity index (χ4v) is 8.36. The number of amides is 4. The molecule has 1 saturated heterocycles. The number of carbonyl (C=O) groups excluding carboxylic acids is 4. The van der Waals surface area contributed by atoms with Crippen LogP contribution in [0.25, 0.3) is 0 Å². The maximum Gasteiger partial charge on any atom is 0.307 e. The van der Waals surface area contributed by atoms with E-state index in [4.69, 9.17) is 16.3 Å². The van der Waals surface area contributed by atoms with E-state index in [-0.39, 0.29) is 31.0 Å². The second-order valence-electron chi connectivity index (χ2n) is 12.5. The Hall–Kier alpha value is -4.29. The third-order valence-corrected chi connectivity index (χ3v) is 11.0. The molecule has 3 aromatic rings. The minimum absolute atomic E-state index is 0.113. The van der Waals surface area contributed by atoms with Gasteiger partial charge in [0.1, 0.15) is 16.7 Å². The highest BCUT2D eigenvalue weighted by molar-refractivity contribution is 7.11. The summed E-state index contributed by atoms with van der Waals surface area (Å²) in [4.78, 5) is 75.8. The largest absolute Gasteiger partial charge is 0.488 e. The first-order chi connectivity index (χ1) is 22.7. The summed E-state index contributed by atoms with van der Waals surface area (Å²) in [5.74, 6) is -3.41. The van der Waals surface area contributed by atoms with E-state index in [0.29, 0.717) is 71.1 Å². The Morgan fingerprint density at radius 1 is 0.979 bits per heavy atom. The van der Waals surface area contributed by atoms with Gasteiger partial charge in [-0.05, 0) is 49.1 Å². The number of carbonyl (C=O) groups is 5. The molecule has 4 aliphatic rings. The summed E-state index contributed by atoms with van der Waals surface area (Å²) in [5, 5.41) is 10.5. The lowest BCUT2D eigenvalue weighted by Crippen LogP contribution is -2.50. The van der Waals surface area contributed by atoms with E-state index < -0.39 is 35.7 Å². The molecule has 0 radical (unpaired) electrons. The molecule has 4 heterocycles. The van der Waals surface area contributed by atoms with Gasteiger partial charge in [0.25, 0.3) is 17.7 Å². The van der Waals surface area contributed by atoms with Crippen LogP contribution in [0.3, 0.4) is 0 Å². The molecule has 1 aliphatic carbocycles. The van der Waals surface area contributed by atoms with E-state index in [1.54, 1.807) is 57.9 Å². The number of aliphatic carboxylic acids is 1. The van der Waals surface area contributed by atoms with Crippen molar-refractivity contribution in [3.05, 3.63) is 80.3 Å². The SMILES string of the molecule is O=C(O)C1CCCCC1C(=O)N1CCc2c(Cl)ccc(OC3CCN(C(=O)c4cncs4)C3)c2[C@H]1CN1C(=O)c2ccccc2C1=O. The van der Waals surface area contributed by atoms with Crippen LogP contribution in [0, 0.1) is 11.8 Å². The molecule has 11 nitrogen and oxygen atoms in total. The van der Waals surface area contributed by atoms with Crippen LogP contribution in [-0.2, 0) is 16.0 Å². The van der Waals surface area contributed by atoms with Gasteiger partial charge in [-0.25, -0.2) is 0 Å². The number of hydrogen-bond donors (Lipinski definition) is 1. The molecule has 2 fully saturated rings. The number of thiazole rings is 1. The second-order valence-corrected chi connectivity index (χ2v) is 13.8. The van der Waals surface area contributed by atoms with Crippen molar-refractivity contribution in [2.75, 3.05) is 26.2 Å². The van der Waals surface area contributed by atoms with Crippen molar-refractivity contribution in [2.24, 2.45) is 11.8 Å². The maximum absolute atomic E-state index is 14.4. The molecule has 47 heavy (non-hydrogen) atoms. The van der Waals surface area contributed by atoms with Gasteiger partial charge in [0.05, 0.1) is 53.8 Å².